The van der Waals surface area contributed by atoms with Crippen LogP contribution in [0.5, 0.6) is 0 Å². The van der Waals surface area contributed by atoms with Crippen molar-refractivity contribution in [3.63, 3.8) is 0 Å². The molecule has 0 aromatic heterocycles. The molecular formula is C9H11Cl3O2. The third-order valence-corrected chi connectivity index (χ3v) is 2.96. The Morgan fingerprint density at radius 1 is 1.21 bits per heavy atom. The molecule has 0 saturated heterocycles. The standard InChI is InChI=1S/C9H11Cl3O2/c10-9(11,12)8(14)6-4-2-1-3-5-7(6)13/h6H,1-5H2. The van der Waals surface area contributed by atoms with Crippen molar-refractivity contribution in [2.24, 2.45) is 5.92 Å². The Morgan fingerprint density at radius 2 is 1.86 bits per heavy atom. The van der Waals surface area contributed by atoms with Crippen LogP contribution in [0, 0.1) is 5.92 Å². The van der Waals surface area contributed by atoms with Crippen molar-refractivity contribution in [2.75, 3.05) is 0 Å². The van der Waals surface area contributed by atoms with E-state index in [1.54, 1.807) is 0 Å². The molecule has 0 spiro atoms. The minimum absolute atomic E-state index is 0.0844. The number of rotatable bonds is 1. The molecule has 0 amide bonds. The number of hydrogen-bond donors (Lipinski definition) is 0. The molecule has 80 valence electrons. The van der Waals surface area contributed by atoms with Gasteiger partial charge in [-0.15, -0.1) is 0 Å². The molecule has 1 unspecified atom stereocenters. The average Bonchev–Trinajstić information content (AvgIpc) is 2.27. The molecule has 1 atom stereocenters. The number of alkyl halides is 3. The lowest BCUT2D eigenvalue weighted by molar-refractivity contribution is -0.132. The fourth-order valence-electron chi connectivity index (χ4n) is 1.63. The summed E-state index contributed by atoms with van der Waals surface area (Å²) in [5.74, 6) is -1.36. The van der Waals surface area contributed by atoms with E-state index in [2.05, 4.69) is 0 Å². The number of Topliss-reactive ketones (excluding diaryl/α,β-unsaturated/α-hetero) is 2. The van der Waals surface area contributed by atoms with Crippen LogP contribution in [0.2, 0.25) is 0 Å². The zero-order valence-electron chi connectivity index (χ0n) is 7.56. The molecule has 1 fully saturated rings. The highest BCUT2D eigenvalue weighted by atomic mass is 35.6. The first kappa shape index (κ1) is 12.3. The summed E-state index contributed by atoms with van der Waals surface area (Å²) in [5.41, 5.74) is 0. The quantitative estimate of drug-likeness (QED) is 0.411. The van der Waals surface area contributed by atoms with E-state index in [1.807, 2.05) is 0 Å². The highest BCUT2D eigenvalue weighted by Crippen LogP contribution is 2.33. The number of hydrogen-bond acceptors (Lipinski definition) is 2. The molecule has 1 aliphatic carbocycles. The Hall–Kier alpha value is 0.210. The maximum atomic E-state index is 11.6. The number of ketones is 2. The lowest BCUT2D eigenvalue weighted by atomic mass is 9.95. The van der Waals surface area contributed by atoms with Crippen LogP contribution in [0.3, 0.4) is 0 Å². The summed E-state index contributed by atoms with van der Waals surface area (Å²) in [6.45, 7) is 0. The van der Waals surface area contributed by atoms with E-state index in [0.29, 0.717) is 12.8 Å². The second-order valence-electron chi connectivity index (χ2n) is 3.48. The summed E-state index contributed by atoms with van der Waals surface area (Å²) >= 11 is 16.4. The predicted molar refractivity (Wildman–Crippen MR) is 56.9 cm³/mol. The SMILES string of the molecule is O=C1CCCCCC1C(=O)C(Cl)(Cl)Cl. The van der Waals surface area contributed by atoms with Crippen LogP contribution in [0.1, 0.15) is 32.1 Å². The van der Waals surface area contributed by atoms with Crippen molar-refractivity contribution in [1.82, 2.24) is 0 Å². The van der Waals surface area contributed by atoms with Crippen molar-refractivity contribution in [3.8, 4) is 0 Å². The van der Waals surface area contributed by atoms with Gasteiger partial charge in [-0.25, -0.2) is 0 Å². The fraction of sp³-hybridized carbons (Fsp3) is 0.778. The second-order valence-corrected chi connectivity index (χ2v) is 5.76. The van der Waals surface area contributed by atoms with Crippen LogP contribution in [0.4, 0.5) is 0 Å². The van der Waals surface area contributed by atoms with Crippen molar-refractivity contribution in [3.05, 3.63) is 0 Å². The van der Waals surface area contributed by atoms with Crippen LogP contribution in [0.15, 0.2) is 0 Å². The third-order valence-electron chi connectivity index (χ3n) is 2.40. The lowest BCUT2D eigenvalue weighted by Crippen LogP contribution is -2.32. The van der Waals surface area contributed by atoms with E-state index in [9.17, 15) is 9.59 Å². The molecule has 1 saturated carbocycles. The van der Waals surface area contributed by atoms with Gasteiger partial charge < -0.3 is 0 Å². The predicted octanol–water partition coefficient (Wildman–Crippen LogP) is 3.08. The van der Waals surface area contributed by atoms with Gasteiger partial charge in [0.15, 0.2) is 5.78 Å². The van der Waals surface area contributed by atoms with Crippen molar-refractivity contribution in [2.45, 2.75) is 35.9 Å². The number of halogens is 3. The summed E-state index contributed by atoms with van der Waals surface area (Å²) in [4.78, 5) is 23.1. The zero-order valence-corrected chi connectivity index (χ0v) is 9.83. The van der Waals surface area contributed by atoms with E-state index in [1.165, 1.54) is 0 Å². The lowest BCUT2D eigenvalue weighted by Gasteiger charge is -2.16. The molecule has 5 heteroatoms. The molecular weight excluding hydrogens is 246 g/mol. The maximum Gasteiger partial charge on any atom is 0.249 e. The highest BCUT2D eigenvalue weighted by molar-refractivity contribution is 6.76. The van der Waals surface area contributed by atoms with Crippen LogP contribution >= 0.6 is 34.8 Å². The zero-order chi connectivity index (χ0) is 10.8. The molecule has 2 nitrogen and oxygen atoms in total. The van der Waals surface area contributed by atoms with Gasteiger partial charge in [-0.05, 0) is 12.8 Å². The van der Waals surface area contributed by atoms with Crippen LogP contribution in [-0.2, 0) is 9.59 Å². The minimum Gasteiger partial charge on any atom is -0.299 e. The van der Waals surface area contributed by atoms with Crippen LogP contribution in [-0.4, -0.2) is 15.4 Å². The van der Waals surface area contributed by atoms with E-state index >= 15 is 0 Å². The van der Waals surface area contributed by atoms with Gasteiger partial charge in [0.25, 0.3) is 0 Å². The smallest absolute Gasteiger partial charge is 0.249 e. The van der Waals surface area contributed by atoms with Gasteiger partial charge in [0, 0.05) is 6.42 Å². The molecule has 1 aliphatic rings. The molecule has 0 bridgehead atoms. The molecule has 0 N–H and O–H groups in total. The second kappa shape index (κ2) is 4.82. The highest BCUT2D eigenvalue weighted by Gasteiger charge is 2.39. The number of carbonyl (C=O) groups is 2. The van der Waals surface area contributed by atoms with E-state index < -0.39 is 15.5 Å². The summed E-state index contributed by atoms with van der Waals surface area (Å²) < 4.78 is -1.95. The van der Waals surface area contributed by atoms with E-state index in [4.69, 9.17) is 34.8 Å². The van der Waals surface area contributed by atoms with Crippen molar-refractivity contribution >= 4 is 46.4 Å². The van der Waals surface area contributed by atoms with Crippen molar-refractivity contribution < 1.29 is 9.59 Å². The Balaban J connectivity index is 2.74. The fourth-order valence-corrected chi connectivity index (χ4v) is 2.03. The first-order valence-electron chi connectivity index (χ1n) is 4.56. The Bertz CT molecular complexity index is 245. The summed E-state index contributed by atoms with van der Waals surface area (Å²) in [6.07, 6.45) is 3.60. The first-order chi connectivity index (χ1) is 6.43. The van der Waals surface area contributed by atoms with E-state index in [0.717, 1.165) is 19.3 Å². The van der Waals surface area contributed by atoms with Crippen molar-refractivity contribution in [1.29, 1.82) is 0 Å². The molecule has 0 aliphatic heterocycles. The Labute approximate surface area is 97.9 Å². The van der Waals surface area contributed by atoms with Gasteiger partial charge in [-0.3, -0.25) is 9.59 Å². The molecule has 0 heterocycles. The normalized spacial score (nSPS) is 24.5. The topological polar surface area (TPSA) is 34.1 Å². The molecule has 14 heavy (non-hydrogen) atoms. The first-order valence-corrected chi connectivity index (χ1v) is 5.70. The Morgan fingerprint density at radius 3 is 2.43 bits per heavy atom. The molecule has 0 aromatic rings. The maximum absolute atomic E-state index is 11.6. The summed E-state index contributed by atoms with van der Waals surface area (Å²) in [5, 5.41) is 0. The van der Waals surface area contributed by atoms with Gasteiger partial charge in [0.1, 0.15) is 5.78 Å². The van der Waals surface area contributed by atoms with Gasteiger partial charge in [0.05, 0.1) is 5.92 Å². The largest absolute Gasteiger partial charge is 0.299 e. The van der Waals surface area contributed by atoms with Crippen LogP contribution in [0.25, 0.3) is 0 Å². The molecule has 1 rings (SSSR count). The number of carbonyl (C=O) groups excluding carboxylic acids is 2. The van der Waals surface area contributed by atoms with Crippen LogP contribution < -0.4 is 0 Å². The Kier molecular flexibility index (Phi) is 4.23. The third kappa shape index (κ3) is 3.11. The van der Waals surface area contributed by atoms with Gasteiger partial charge in [-0.1, -0.05) is 47.6 Å². The van der Waals surface area contributed by atoms with Gasteiger partial charge in [-0.2, -0.15) is 0 Å². The van der Waals surface area contributed by atoms with Gasteiger partial charge >= 0.3 is 0 Å². The van der Waals surface area contributed by atoms with Gasteiger partial charge in [0.2, 0.25) is 3.79 Å². The summed E-state index contributed by atoms with van der Waals surface area (Å²) in [6, 6.07) is 0. The minimum atomic E-state index is -1.95. The monoisotopic (exact) mass is 256 g/mol. The molecule has 0 aromatic carbocycles. The average molecular weight is 258 g/mol. The van der Waals surface area contributed by atoms with E-state index in [-0.39, 0.29) is 5.78 Å². The molecule has 0 radical (unpaired) electrons. The summed E-state index contributed by atoms with van der Waals surface area (Å²) in [7, 11) is 0.